The van der Waals surface area contributed by atoms with E-state index in [-0.39, 0.29) is 5.91 Å². The van der Waals surface area contributed by atoms with Crippen LogP contribution in [0.15, 0.2) is 42.5 Å². The van der Waals surface area contributed by atoms with Gasteiger partial charge in [0, 0.05) is 26.2 Å². The van der Waals surface area contributed by atoms with Crippen molar-refractivity contribution in [2.75, 3.05) is 37.7 Å². The van der Waals surface area contributed by atoms with Gasteiger partial charge >= 0.3 is 0 Å². The molecule has 1 amide bonds. The molecule has 0 unspecified atom stereocenters. The zero-order valence-electron chi connectivity index (χ0n) is 17.1. The van der Waals surface area contributed by atoms with Crippen molar-refractivity contribution >= 4 is 32.6 Å². The molecule has 0 N–H and O–H groups in total. The van der Waals surface area contributed by atoms with E-state index in [2.05, 4.69) is 30.0 Å². The first-order valence-electron chi connectivity index (χ1n) is 10.3. The molecule has 2 aromatic carbocycles. The number of piperazine rings is 1. The maximum absolute atomic E-state index is 12.7. The summed E-state index contributed by atoms with van der Waals surface area (Å²) >= 11 is 1.75. The standard InChI is InChI=1S/C23H27N3O2S/c1-3-18-6-5-7-20-22(18)24-23(29-20)26-14-12-25(13-15-26)21(27)16-17-8-10-19(11-9-17)28-4-2/h5-11H,3-4,12-16H2,1-2H3. The van der Waals surface area contributed by atoms with Gasteiger partial charge in [0.05, 0.1) is 23.2 Å². The molecule has 0 atom stereocenters. The second kappa shape index (κ2) is 8.82. The van der Waals surface area contributed by atoms with Gasteiger partial charge < -0.3 is 14.5 Å². The van der Waals surface area contributed by atoms with Gasteiger partial charge in [0.1, 0.15) is 5.75 Å². The van der Waals surface area contributed by atoms with Crippen molar-refractivity contribution in [3.63, 3.8) is 0 Å². The quantitative estimate of drug-likeness (QED) is 0.614. The summed E-state index contributed by atoms with van der Waals surface area (Å²) in [6.07, 6.45) is 1.43. The number of para-hydroxylation sites is 1. The van der Waals surface area contributed by atoms with Crippen LogP contribution in [0.4, 0.5) is 5.13 Å². The molecular weight excluding hydrogens is 382 g/mol. The molecule has 1 fully saturated rings. The van der Waals surface area contributed by atoms with Crippen molar-refractivity contribution in [1.82, 2.24) is 9.88 Å². The molecule has 0 saturated carbocycles. The minimum atomic E-state index is 0.186. The fourth-order valence-electron chi connectivity index (χ4n) is 3.72. The lowest BCUT2D eigenvalue weighted by Gasteiger charge is -2.34. The van der Waals surface area contributed by atoms with Crippen LogP contribution in [0.5, 0.6) is 5.75 Å². The number of thiazole rings is 1. The molecule has 0 spiro atoms. The lowest BCUT2D eigenvalue weighted by atomic mass is 10.1. The Morgan fingerprint density at radius 3 is 2.52 bits per heavy atom. The first kappa shape index (κ1) is 19.7. The smallest absolute Gasteiger partial charge is 0.227 e. The van der Waals surface area contributed by atoms with Crippen LogP contribution >= 0.6 is 11.3 Å². The predicted octanol–water partition coefficient (Wildman–Crippen LogP) is 4.15. The number of hydrogen-bond donors (Lipinski definition) is 0. The van der Waals surface area contributed by atoms with Gasteiger partial charge in [-0.3, -0.25) is 4.79 Å². The van der Waals surface area contributed by atoms with Crippen molar-refractivity contribution in [2.45, 2.75) is 26.7 Å². The molecule has 0 radical (unpaired) electrons. The Labute approximate surface area is 175 Å². The van der Waals surface area contributed by atoms with Gasteiger partial charge in [0.15, 0.2) is 5.13 Å². The van der Waals surface area contributed by atoms with Crippen molar-refractivity contribution in [2.24, 2.45) is 0 Å². The van der Waals surface area contributed by atoms with Crippen LogP contribution in [-0.4, -0.2) is 48.6 Å². The van der Waals surface area contributed by atoms with Gasteiger partial charge in [0.25, 0.3) is 0 Å². The van der Waals surface area contributed by atoms with Crippen LogP contribution in [0.2, 0.25) is 0 Å². The van der Waals surface area contributed by atoms with Gasteiger partial charge in [-0.05, 0) is 42.7 Å². The summed E-state index contributed by atoms with van der Waals surface area (Å²) in [5.41, 5.74) is 3.46. The number of benzene rings is 2. The summed E-state index contributed by atoms with van der Waals surface area (Å²) in [6.45, 7) is 7.93. The number of amides is 1. The summed E-state index contributed by atoms with van der Waals surface area (Å²) in [6, 6.07) is 14.2. The minimum absolute atomic E-state index is 0.186. The third-order valence-corrected chi connectivity index (χ3v) is 6.45. The van der Waals surface area contributed by atoms with Gasteiger partial charge in [-0.1, -0.05) is 42.5 Å². The number of nitrogens with zero attached hydrogens (tertiary/aromatic N) is 3. The number of anilines is 1. The fourth-order valence-corrected chi connectivity index (χ4v) is 4.78. The topological polar surface area (TPSA) is 45.7 Å². The highest BCUT2D eigenvalue weighted by molar-refractivity contribution is 7.22. The molecule has 29 heavy (non-hydrogen) atoms. The van der Waals surface area contributed by atoms with E-state index in [0.717, 1.165) is 54.6 Å². The van der Waals surface area contributed by atoms with Crippen LogP contribution in [0.3, 0.4) is 0 Å². The summed E-state index contributed by atoms with van der Waals surface area (Å²) in [5, 5.41) is 1.07. The number of ether oxygens (including phenoxy) is 1. The highest BCUT2D eigenvalue weighted by Crippen LogP contribution is 2.31. The van der Waals surface area contributed by atoms with E-state index in [4.69, 9.17) is 9.72 Å². The Hall–Kier alpha value is -2.60. The third-order valence-electron chi connectivity index (χ3n) is 5.36. The van der Waals surface area contributed by atoms with E-state index in [1.165, 1.54) is 10.3 Å². The molecular formula is C23H27N3O2S. The number of carbonyl (C=O) groups is 1. The third kappa shape index (κ3) is 4.37. The molecule has 1 aliphatic heterocycles. The van der Waals surface area contributed by atoms with Gasteiger partial charge in [-0.15, -0.1) is 0 Å². The first-order chi connectivity index (χ1) is 14.2. The van der Waals surface area contributed by atoms with E-state index in [0.29, 0.717) is 13.0 Å². The SMILES string of the molecule is CCOc1ccc(CC(=O)N2CCN(c3nc4c(CC)cccc4s3)CC2)cc1. The second-order valence-electron chi connectivity index (χ2n) is 7.24. The molecule has 152 valence electrons. The van der Waals surface area contributed by atoms with Crippen molar-refractivity contribution in [1.29, 1.82) is 0 Å². The van der Waals surface area contributed by atoms with Crippen LogP contribution in [-0.2, 0) is 17.6 Å². The number of carbonyl (C=O) groups excluding carboxylic acids is 1. The summed E-state index contributed by atoms with van der Waals surface area (Å²) < 4.78 is 6.71. The zero-order valence-corrected chi connectivity index (χ0v) is 17.9. The maximum Gasteiger partial charge on any atom is 0.227 e. The normalized spacial score (nSPS) is 14.4. The predicted molar refractivity (Wildman–Crippen MR) is 119 cm³/mol. The molecule has 1 aliphatic rings. The number of hydrogen-bond acceptors (Lipinski definition) is 5. The average Bonchev–Trinajstić information content (AvgIpc) is 3.20. The van der Waals surface area contributed by atoms with Gasteiger partial charge in [0.2, 0.25) is 5.91 Å². The van der Waals surface area contributed by atoms with E-state index in [1.807, 2.05) is 36.1 Å². The Morgan fingerprint density at radius 2 is 1.83 bits per heavy atom. The van der Waals surface area contributed by atoms with Crippen LogP contribution in [0, 0.1) is 0 Å². The van der Waals surface area contributed by atoms with Crippen molar-refractivity contribution in [3.05, 3.63) is 53.6 Å². The Balaban J connectivity index is 1.36. The maximum atomic E-state index is 12.7. The molecule has 3 aromatic rings. The average molecular weight is 410 g/mol. The Bertz CT molecular complexity index is 975. The van der Waals surface area contributed by atoms with E-state index in [1.54, 1.807) is 11.3 Å². The largest absolute Gasteiger partial charge is 0.494 e. The highest BCUT2D eigenvalue weighted by atomic mass is 32.1. The first-order valence-corrected chi connectivity index (χ1v) is 11.1. The van der Waals surface area contributed by atoms with Gasteiger partial charge in [-0.2, -0.15) is 0 Å². The van der Waals surface area contributed by atoms with Crippen molar-refractivity contribution < 1.29 is 9.53 Å². The van der Waals surface area contributed by atoms with Crippen LogP contribution < -0.4 is 9.64 Å². The summed E-state index contributed by atoms with van der Waals surface area (Å²) in [5.74, 6) is 1.03. The lowest BCUT2D eigenvalue weighted by Crippen LogP contribution is -2.49. The van der Waals surface area contributed by atoms with E-state index in [9.17, 15) is 4.79 Å². The molecule has 4 rings (SSSR count). The monoisotopic (exact) mass is 409 g/mol. The summed E-state index contributed by atoms with van der Waals surface area (Å²) in [7, 11) is 0. The number of rotatable bonds is 6. The van der Waals surface area contributed by atoms with E-state index >= 15 is 0 Å². The van der Waals surface area contributed by atoms with E-state index < -0.39 is 0 Å². The number of aromatic nitrogens is 1. The highest BCUT2D eigenvalue weighted by Gasteiger charge is 2.23. The lowest BCUT2D eigenvalue weighted by molar-refractivity contribution is -0.130. The zero-order chi connectivity index (χ0) is 20.2. The van der Waals surface area contributed by atoms with Crippen LogP contribution in [0.25, 0.3) is 10.2 Å². The molecule has 5 nitrogen and oxygen atoms in total. The molecule has 0 aliphatic carbocycles. The number of aryl methyl sites for hydroxylation is 1. The Kier molecular flexibility index (Phi) is 6.00. The summed E-state index contributed by atoms with van der Waals surface area (Å²) in [4.78, 5) is 21.9. The molecule has 0 bridgehead atoms. The molecule has 1 aromatic heterocycles. The molecule has 6 heteroatoms. The molecule has 2 heterocycles. The fraction of sp³-hybridized carbons (Fsp3) is 0.391. The number of fused-ring (bicyclic) bond motifs is 1. The minimum Gasteiger partial charge on any atom is -0.494 e. The second-order valence-corrected chi connectivity index (χ2v) is 8.24. The van der Waals surface area contributed by atoms with Crippen molar-refractivity contribution in [3.8, 4) is 5.75 Å². The molecule has 1 saturated heterocycles. The van der Waals surface area contributed by atoms with Gasteiger partial charge in [-0.25, -0.2) is 4.98 Å². The van der Waals surface area contributed by atoms with Crippen LogP contribution in [0.1, 0.15) is 25.0 Å². The Morgan fingerprint density at radius 1 is 1.07 bits per heavy atom.